The molecule has 2 aromatic carbocycles. The zero-order valence-corrected chi connectivity index (χ0v) is 16.6. The number of halogens is 1. The Labute approximate surface area is 178 Å². The molecule has 3 heterocycles. The number of pyridine rings is 1. The molecule has 0 amide bonds. The third-order valence-electron chi connectivity index (χ3n) is 4.78. The lowest BCUT2D eigenvalue weighted by molar-refractivity contribution is 1.01. The van der Waals surface area contributed by atoms with Crippen LogP contribution in [0.2, 0.25) is 5.02 Å². The third-order valence-corrected chi connectivity index (χ3v) is 5.03. The lowest BCUT2D eigenvalue weighted by atomic mass is 10.0. The molecule has 30 heavy (non-hydrogen) atoms. The van der Waals surface area contributed by atoms with Gasteiger partial charge in [0.1, 0.15) is 17.8 Å². The van der Waals surface area contributed by atoms with Crippen LogP contribution in [0, 0.1) is 0 Å². The van der Waals surface area contributed by atoms with E-state index in [4.69, 9.17) is 16.6 Å². The summed E-state index contributed by atoms with van der Waals surface area (Å²) in [5, 5.41) is 0.726. The van der Waals surface area contributed by atoms with E-state index >= 15 is 0 Å². The average Bonchev–Trinajstić information content (AvgIpc) is 3.27. The Bertz CT molecular complexity index is 1270. The van der Waals surface area contributed by atoms with Crippen molar-refractivity contribution in [2.45, 2.75) is 0 Å². The number of nitrogens with zero attached hydrogens (tertiary/aromatic N) is 5. The monoisotopic (exact) mass is 409 g/mol. The van der Waals surface area contributed by atoms with Crippen LogP contribution in [0.3, 0.4) is 0 Å². The van der Waals surface area contributed by atoms with E-state index in [-0.39, 0.29) is 0 Å². The summed E-state index contributed by atoms with van der Waals surface area (Å²) in [6, 6.07) is 21.9. The van der Waals surface area contributed by atoms with Gasteiger partial charge in [-0.25, -0.2) is 15.0 Å². The number of hydrogen-bond acceptors (Lipinski definition) is 4. The number of rotatable bonds is 4. The molecular formula is C24H16ClN5. The van der Waals surface area contributed by atoms with E-state index < -0.39 is 0 Å². The molecule has 0 spiro atoms. The van der Waals surface area contributed by atoms with Crippen molar-refractivity contribution in [1.82, 2.24) is 24.5 Å². The number of aromatic nitrogens is 5. The first-order valence-corrected chi connectivity index (χ1v) is 9.78. The Kier molecular flexibility index (Phi) is 4.79. The van der Waals surface area contributed by atoms with Crippen LogP contribution in [0.1, 0.15) is 0 Å². The second kappa shape index (κ2) is 7.89. The first-order valence-electron chi connectivity index (χ1n) is 9.40. The summed E-state index contributed by atoms with van der Waals surface area (Å²) >= 11 is 6.01. The molecule has 0 fully saturated rings. The van der Waals surface area contributed by atoms with Crippen LogP contribution >= 0.6 is 11.6 Å². The van der Waals surface area contributed by atoms with Crippen molar-refractivity contribution >= 4 is 11.6 Å². The van der Waals surface area contributed by atoms with Gasteiger partial charge in [-0.2, -0.15) is 0 Å². The van der Waals surface area contributed by atoms with Gasteiger partial charge >= 0.3 is 0 Å². The van der Waals surface area contributed by atoms with Crippen LogP contribution in [-0.2, 0) is 0 Å². The van der Waals surface area contributed by atoms with E-state index in [1.807, 2.05) is 53.2 Å². The minimum absolute atomic E-state index is 0.726. The van der Waals surface area contributed by atoms with Crippen LogP contribution in [0.15, 0.2) is 97.8 Å². The number of imidazole rings is 1. The molecule has 0 N–H and O–H groups in total. The van der Waals surface area contributed by atoms with Gasteiger partial charge in [-0.3, -0.25) is 9.55 Å². The quantitative estimate of drug-likeness (QED) is 0.381. The molecule has 0 bridgehead atoms. The second-order valence-electron chi connectivity index (χ2n) is 6.72. The van der Waals surface area contributed by atoms with Crippen molar-refractivity contribution in [2.75, 3.05) is 0 Å². The van der Waals surface area contributed by atoms with Crippen molar-refractivity contribution < 1.29 is 0 Å². The lowest BCUT2D eigenvalue weighted by Gasteiger charge is -2.08. The van der Waals surface area contributed by atoms with Crippen molar-refractivity contribution in [3.63, 3.8) is 0 Å². The van der Waals surface area contributed by atoms with Crippen molar-refractivity contribution in [2.24, 2.45) is 0 Å². The van der Waals surface area contributed by atoms with Gasteiger partial charge in [-0.05, 0) is 35.4 Å². The third kappa shape index (κ3) is 3.58. The van der Waals surface area contributed by atoms with E-state index in [1.165, 1.54) is 6.33 Å². The van der Waals surface area contributed by atoms with E-state index in [0.717, 1.165) is 44.6 Å². The minimum atomic E-state index is 0.726. The van der Waals surface area contributed by atoms with Gasteiger partial charge in [0.05, 0.1) is 23.8 Å². The van der Waals surface area contributed by atoms with Crippen LogP contribution in [0.4, 0.5) is 0 Å². The molecule has 5 nitrogen and oxygen atoms in total. The Balaban J connectivity index is 1.59. The Morgan fingerprint density at radius 2 is 1.37 bits per heavy atom. The lowest BCUT2D eigenvalue weighted by Crippen LogP contribution is -1.97. The number of hydrogen-bond donors (Lipinski definition) is 0. The Hall–Kier alpha value is -3.83. The van der Waals surface area contributed by atoms with Gasteiger partial charge < -0.3 is 0 Å². The van der Waals surface area contributed by atoms with Gasteiger partial charge in [0.2, 0.25) is 0 Å². The minimum Gasteiger partial charge on any atom is -0.296 e. The predicted octanol–water partition coefficient (Wildman–Crippen LogP) is 5.71. The van der Waals surface area contributed by atoms with Gasteiger partial charge in [0.25, 0.3) is 0 Å². The smallest absolute Gasteiger partial charge is 0.145 e. The molecule has 0 aliphatic heterocycles. The summed E-state index contributed by atoms with van der Waals surface area (Å²) in [5.74, 6) is 0.799. The molecule has 5 aromatic rings. The predicted molar refractivity (Wildman–Crippen MR) is 118 cm³/mol. The largest absolute Gasteiger partial charge is 0.296 e. The highest BCUT2D eigenvalue weighted by Gasteiger charge is 2.14. The highest BCUT2D eigenvalue weighted by Crippen LogP contribution is 2.29. The maximum atomic E-state index is 6.01. The van der Waals surface area contributed by atoms with E-state index in [2.05, 4.69) is 39.2 Å². The maximum Gasteiger partial charge on any atom is 0.145 e. The number of benzene rings is 2. The highest BCUT2D eigenvalue weighted by atomic mass is 35.5. The summed E-state index contributed by atoms with van der Waals surface area (Å²) in [6.07, 6.45) is 8.77. The molecule has 0 saturated heterocycles. The fourth-order valence-electron chi connectivity index (χ4n) is 3.29. The Morgan fingerprint density at radius 3 is 2.03 bits per heavy atom. The van der Waals surface area contributed by atoms with Crippen LogP contribution in [0.5, 0.6) is 0 Å². The SMILES string of the molecule is Clc1ccc(-c2ccc(-c3nc(-c4ccccn4)cn3-c3cncnc3)cc2)cc1. The molecular weight excluding hydrogens is 394 g/mol. The van der Waals surface area contributed by atoms with Crippen molar-refractivity contribution in [1.29, 1.82) is 0 Å². The van der Waals surface area contributed by atoms with Gasteiger partial charge in [0, 0.05) is 23.0 Å². The summed E-state index contributed by atoms with van der Waals surface area (Å²) in [7, 11) is 0. The van der Waals surface area contributed by atoms with E-state index in [0.29, 0.717) is 0 Å². The van der Waals surface area contributed by atoms with E-state index in [1.54, 1.807) is 18.6 Å². The highest BCUT2D eigenvalue weighted by molar-refractivity contribution is 6.30. The summed E-state index contributed by atoms with van der Waals surface area (Å²) < 4.78 is 1.99. The summed E-state index contributed by atoms with van der Waals surface area (Å²) in [4.78, 5) is 17.6. The van der Waals surface area contributed by atoms with E-state index in [9.17, 15) is 0 Å². The molecule has 3 aromatic heterocycles. The maximum absolute atomic E-state index is 6.01. The van der Waals surface area contributed by atoms with Crippen molar-refractivity contribution in [3.05, 3.63) is 103 Å². The van der Waals surface area contributed by atoms with Crippen LogP contribution in [-0.4, -0.2) is 24.5 Å². The standard InChI is InChI=1S/C24H16ClN5/c25-20-10-8-18(9-11-20)17-4-6-19(7-5-17)24-29-23(22-3-1-2-12-28-22)15-30(24)21-13-26-16-27-14-21/h1-16H. The normalized spacial score (nSPS) is 10.8. The molecule has 0 unspecified atom stereocenters. The zero-order chi connectivity index (χ0) is 20.3. The zero-order valence-electron chi connectivity index (χ0n) is 15.9. The molecule has 144 valence electrons. The van der Waals surface area contributed by atoms with Crippen molar-refractivity contribution in [3.8, 4) is 39.6 Å². The molecule has 5 rings (SSSR count). The first-order chi connectivity index (χ1) is 14.8. The molecule has 0 aliphatic rings. The molecule has 0 saturated carbocycles. The average molecular weight is 410 g/mol. The molecule has 0 atom stereocenters. The van der Waals surface area contributed by atoms with Crippen LogP contribution in [0.25, 0.3) is 39.6 Å². The molecule has 0 radical (unpaired) electrons. The molecule has 6 heteroatoms. The summed E-state index contributed by atoms with van der Waals surface area (Å²) in [5.41, 5.74) is 5.65. The Morgan fingerprint density at radius 1 is 0.700 bits per heavy atom. The first kappa shape index (κ1) is 18.2. The van der Waals surface area contributed by atoms with Gasteiger partial charge in [-0.15, -0.1) is 0 Å². The fraction of sp³-hybridized carbons (Fsp3) is 0. The summed E-state index contributed by atoms with van der Waals surface area (Å²) in [6.45, 7) is 0. The second-order valence-corrected chi connectivity index (χ2v) is 7.15. The van der Waals surface area contributed by atoms with Crippen LogP contribution < -0.4 is 0 Å². The van der Waals surface area contributed by atoms with Gasteiger partial charge in [0.15, 0.2) is 0 Å². The molecule has 0 aliphatic carbocycles. The van der Waals surface area contributed by atoms with Gasteiger partial charge in [-0.1, -0.05) is 54.1 Å². The topological polar surface area (TPSA) is 56.5 Å². The fourth-order valence-corrected chi connectivity index (χ4v) is 3.41.